The zero-order valence-electron chi connectivity index (χ0n) is 8.68. The fourth-order valence-electron chi connectivity index (χ4n) is 0.696. The lowest BCUT2D eigenvalue weighted by atomic mass is 10.1. The highest BCUT2D eigenvalue weighted by Gasteiger charge is 2.17. The molecule has 0 aliphatic carbocycles. The molecule has 0 N–H and O–H groups in total. The van der Waals surface area contributed by atoms with E-state index in [1.807, 2.05) is 7.05 Å². The minimum Gasteiger partial charge on any atom is -0.469 e. The van der Waals surface area contributed by atoms with Gasteiger partial charge >= 0.3 is 5.97 Å². The van der Waals surface area contributed by atoms with Crippen molar-refractivity contribution in [1.82, 2.24) is 4.90 Å². The highest BCUT2D eigenvalue weighted by molar-refractivity contribution is 5.69. The van der Waals surface area contributed by atoms with E-state index in [1.54, 1.807) is 0 Å². The molecule has 0 heterocycles. The Morgan fingerprint density at radius 3 is 2.25 bits per heavy atom. The second-order valence-electron chi connectivity index (χ2n) is 3.92. The number of rotatable bonds is 3. The molecule has 3 nitrogen and oxygen atoms in total. The van der Waals surface area contributed by atoms with Crippen LogP contribution in [-0.4, -0.2) is 37.1 Å². The first kappa shape index (κ1) is 11.4. The first-order chi connectivity index (χ1) is 5.38. The molecule has 0 atom stereocenters. The first-order valence-electron chi connectivity index (χ1n) is 4.16. The van der Waals surface area contributed by atoms with Crippen LogP contribution in [0.1, 0.15) is 27.2 Å². The van der Waals surface area contributed by atoms with E-state index in [4.69, 9.17) is 0 Å². The van der Waals surface area contributed by atoms with Crippen molar-refractivity contribution in [2.45, 2.75) is 32.7 Å². The van der Waals surface area contributed by atoms with Crippen molar-refractivity contribution in [1.29, 1.82) is 0 Å². The van der Waals surface area contributed by atoms with Gasteiger partial charge in [-0.1, -0.05) is 0 Å². The summed E-state index contributed by atoms with van der Waals surface area (Å²) in [5.74, 6) is -0.147. The summed E-state index contributed by atoms with van der Waals surface area (Å²) in [6, 6.07) is 0. The van der Waals surface area contributed by atoms with Crippen LogP contribution < -0.4 is 0 Å². The van der Waals surface area contributed by atoms with Crippen LogP contribution in [0.2, 0.25) is 0 Å². The van der Waals surface area contributed by atoms with Crippen LogP contribution in [0.5, 0.6) is 0 Å². The summed E-state index contributed by atoms with van der Waals surface area (Å²) in [6.07, 6.45) is 0.463. The third kappa shape index (κ3) is 4.34. The maximum Gasteiger partial charge on any atom is 0.306 e. The predicted molar refractivity (Wildman–Crippen MR) is 49.0 cm³/mol. The van der Waals surface area contributed by atoms with Gasteiger partial charge in [0.05, 0.1) is 13.5 Å². The van der Waals surface area contributed by atoms with Crippen LogP contribution >= 0.6 is 0 Å². The molecule has 0 radical (unpaired) electrons. The molecule has 0 saturated carbocycles. The SMILES string of the molecule is COC(=O)CCN(C)C(C)(C)C. The Balaban J connectivity index is 3.72. The van der Waals surface area contributed by atoms with E-state index in [2.05, 4.69) is 30.4 Å². The van der Waals surface area contributed by atoms with E-state index < -0.39 is 0 Å². The molecular formula is C9H19NO2. The quantitative estimate of drug-likeness (QED) is 0.602. The lowest BCUT2D eigenvalue weighted by Crippen LogP contribution is -2.39. The van der Waals surface area contributed by atoms with Crippen molar-refractivity contribution in [3.8, 4) is 0 Å². The largest absolute Gasteiger partial charge is 0.469 e. The lowest BCUT2D eigenvalue weighted by molar-refractivity contribution is -0.141. The molecule has 0 bridgehead atoms. The van der Waals surface area contributed by atoms with E-state index in [-0.39, 0.29) is 11.5 Å². The van der Waals surface area contributed by atoms with Crippen molar-refractivity contribution in [3.63, 3.8) is 0 Å². The Morgan fingerprint density at radius 2 is 1.92 bits per heavy atom. The van der Waals surface area contributed by atoms with Gasteiger partial charge in [0, 0.05) is 12.1 Å². The van der Waals surface area contributed by atoms with E-state index in [0.29, 0.717) is 6.42 Å². The van der Waals surface area contributed by atoms with Gasteiger partial charge in [0.25, 0.3) is 0 Å². The molecule has 0 aliphatic heterocycles. The number of hydrogen-bond donors (Lipinski definition) is 0. The van der Waals surface area contributed by atoms with Crippen molar-refractivity contribution in [3.05, 3.63) is 0 Å². The Bertz CT molecular complexity index is 149. The van der Waals surface area contributed by atoms with Gasteiger partial charge in [0.15, 0.2) is 0 Å². The molecule has 0 saturated heterocycles. The summed E-state index contributed by atoms with van der Waals surface area (Å²) in [6.45, 7) is 7.09. The highest BCUT2D eigenvalue weighted by atomic mass is 16.5. The van der Waals surface area contributed by atoms with Gasteiger partial charge in [-0.25, -0.2) is 0 Å². The number of methoxy groups -OCH3 is 1. The smallest absolute Gasteiger partial charge is 0.306 e. The molecule has 0 aromatic carbocycles. The van der Waals surface area contributed by atoms with Gasteiger partial charge in [-0.2, -0.15) is 0 Å². The maximum absolute atomic E-state index is 10.8. The molecule has 0 aliphatic rings. The van der Waals surface area contributed by atoms with E-state index in [0.717, 1.165) is 6.54 Å². The van der Waals surface area contributed by atoms with Crippen LogP contribution in [0.4, 0.5) is 0 Å². The van der Waals surface area contributed by atoms with Gasteiger partial charge < -0.3 is 9.64 Å². The van der Waals surface area contributed by atoms with Crippen LogP contribution in [0.3, 0.4) is 0 Å². The molecule has 0 rings (SSSR count). The molecule has 12 heavy (non-hydrogen) atoms. The van der Waals surface area contributed by atoms with Crippen molar-refractivity contribution >= 4 is 5.97 Å². The summed E-state index contributed by atoms with van der Waals surface area (Å²) in [5, 5.41) is 0. The van der Waals surface area contributed by atoms with Crippen LogP contribution in [0, 0.1) is 0 Å². The number of esters is 1. The molecule has 0 unspecified atom stereocenters. The summed E-state index contributed by atoms with van der Waals surface area (Å²) in [4.78, 5) is 12.9. The Kier molecular flexibility index (Phi) is 4.24. The number of carbonyl (C=O) groups excluding carboxylic acids is 1. The average Bonchev–Trinajstić information content (AvgIpc) is 1.97. The molecule has 3 heteroatoms. The average molecular weight is 173 g/mol. The topological polar surface area (TPSA) is 29.5 Å². The molecule has 0 amide bonds. The zero-order chi connectivity index (χ0) is 9.78. The minimum absolute atomic E-state index is 0.119. The predicted octanol–water partition coefficient (Wildman–Crippen LogP) is 1.28. The van der Waals surface area contributed by atoms with Gasteiger partial charge in [-0.15, -0.1) is 0 Å². The van der Waals surface area contributed by atoms with Crippen LogP contribution in [0.15, 0.2) is 0 Å². The Labute approximate surface area is 74.7 Å². The molecule has 0 fully saturated rings. The minimum atomic E-state index is -0.147. The fraction of sp³-hybridized carbons (Fsp3) is 0.889. The number of nitrogens with zero attached hydrogens (tertiary/aromatic N) is 1. The summed E-state index contributed by atoms with van der Waals surface area (Å²) in [7, 11) is 3.42. The number of ether oxygens (including phenoxy) is 1. The first-order valence-corrected chi connectivity index (χ1v) is 4.16. The summed E-state index contributed by atoms with van der Waals surface area (Å²) < 4.78 is 4.55. The third-order valence-corrected chi connectivity index (χ3v) is 2.02. The number of hydrogen-bond acceptors (Lipinski definition) is 3. The van der Waals surface area contributed by atoms with Gasteiger partial charge in [0.1, 0.15) is 0 Å². The number of carbonyl (C=O) groups is 1. The second kappa shape index (κ2) is 4.45. The van der Waals surface area contributed by atoms with Gasteiger partial charge in [-0.05, 0) is 27.8 Å². The third-order valence-electron chi connectivity index (χ3n) is 2.02. The van der Waals surface area contributed by atoms with Gasteiger partial charge in [0.2, 0.25) is 0 Å². The van der Waals surface area contributed by atoms with E-state index in [1.165, 1.54) is 7.11 Å². The lowest BCUT2D eigenvalue weighted by Gasteiger charge is -2.31. The monoisotopic (exact) mass is 173 g/mol. The Morgan fingerprint density at radius 1 is 1.42 bits per heavy atom. The molecular weight excluding hydrogens is 154 g/mol. The van der Waals surface area contributed by atoms with Crippen LogP contribution in [-0.2, 0) is 9.53 Å². The summed E-state index contributed by atoms with van der Waals surface area (Å²) in [5.41, 5.74) is 0.119. The maximum atomic E-state index is 10.8. The van der Waals surface area contributed by atoms with E-state index in [9.17, 15) is 4.79 Å². The molecule has 72 valence electrons. The van der Waals surface area contributed by atoms with Crippen LogP contribution in [0.25, 0.3) is 0 Å². The molecule has 0 spiro atoms. The van der Waals surface area contributed by atoms with Crippen molar-refractivity contribution in [2.75, 3.05) is 20.7 Å². The van der Waals surface area contributed by atoms with Crippen molar-refractivity contribution in [2.24, 2.45) is 0 Å². The molecule has 0 aromatic heterocycles. The zero-order valence-corrected chi connectivity index (χ0v) is 8.68. The standard InChI is InChI=1S/C9H19NO2/c1-9(2,3)10(4)7-6-8(11)12-5/h6-7H2,1-5H3. The normalized spacial score (nSPS) is 11.8. The fourth-order valence-corrected chi connectivity index (χ4v) is 0.696. The van der Waals surface area contributed by atoms with Crippen molar-refractivity contribution < 1.29 is 9.53 Å². The highest BCUT2D eigenvalue weighted by Crippen LogP contribution is 2.10. The second-order valence-corrected chi connectivity index (χ2v) is 3.92. The summed E-state index contributed by atoms with van der Waals surface area (Å²) >= 11 is 0. The van der Waals surface area contributed by atoms with Gasteiger partial charge in [-0.3, -0.25) is 4.79 Å². The molecule has 0 aromatic rings. The Hall–Kier alpha value is -0.570. The van der Waals surface area contributed by atoms with E-state index >= 15 is 0 Å².